The number of aromatic nitrogens is 4. The number of carbonyl (C=O) groups is 1. The average molecular weight is 466 g/mol. The van der Waals surface area contributed by atoms with Crippen LogP contribution in [0.2, 0.25) is 0 Å². The zero-order chi connectivity index (χ0) is 23.7. The Morgan fingerprint density at radius 1 is 1.15 bits per heavy atom. The number of hydrogen-bond acceptors (Lipinski definition) is 7. The molecule has 2 aromatic carbocycles. The Morgan fingerprint density at radius 2 is 1.94 bits per heavy atom. The molecule has 0 aliphatic heterocycles. The van der Waals surface area contributed by atoms with Crippen molar-refractivity contribution in [3.8, 4) is 11.4 Å². The van der Waals surface area contributed by atoms with Gasteiger partial charge in [0.15, 0.2) is 0 Å². The summed E-state index contributed by atoms with van der Waals surface area (Å²) in [7, 11) is 3.43. The van der Waals surface area contributed by atoms with E-state index in [1.165, 1.54) is 32.1 Å². The van der Waals surface area contributed by atoms with Crippen LogP contribution in [-0.4, -0.2) is 53.0 Å². The zero-order valence-corrected chi connectivity index (χ0v) is 19.3. The van der Waals surface area contributed by atoms with Crippen LogP contribution in [0.1, 0.15) is 37.2 Å². The minimum atomic E-state index is -0.304. The molecule has 9 heteroatoms. The van der Waals surface area contributed by atoms with Crippen molar-refractivity contribution in [2.24, 2.45) is 11.8 Å². The summed E-state index contributed by atoms with van der Waals surface area (Å²) < 4.78 is 26.6. The summed E-state index contributed by atoms with van der Waals surface area (Å²) in [5, 5.41) is 11.5. The summed E-state index contributed by atoms with van der Waals surface area (Å²) in [4.78, 5) is 14.8. The van der Waals surface area contributed by atoms with Gasteiger partial charge in [0.05, 0.1) is 31.0 Å². The van der Waals surface area contributed by atoms with Crippen molar-refractivity contribution in [3.05, 3.63) is 60.2 Å². The molecule has 34 heavy (non-hydrogen) atoms. The highest BCUT2D eigenvalue weighted by Gasteiger charge is 2.44. The number of tetrazole rings is 1. The smallest absolute Gasteiger partial charge is 0.309 e. The lowest BCUT2D eigenvalue weighted by molar-refractivity contribution is -0.145. The fourth-order valence-electron chi connectivity index (χ4n) is 4.96. The molecule has 0 radical (unpaired) electrons. The van der Waals surface area contributed by atoms with Crippen LogP contribution in [0.3, 0.4) is 0 Å². The summed E-state index contributed by atoms with van der Waals surface area (Å²) in [6, 6.07) is 12.3. The van der Waals surface area contributed by atoms with Gasteiger partial charge < -0.3 is 14.4 Å². The van der Waals surface area contributed by atoms with E-state index >= 15 is 0 Å². The topological polar surface area (TPSA) is 82.4 Å². The molecule has 2 fully saturated rings. The molecule has 3 atom stereocenters. The quantitative estimate of drug-likeness (QED) is 0.469. The Hall–Kier alpha value is -3.49. The van der Waals surface area contributed by atoms with E-state index < -0.39 is 0 Å². The van der Waals surface area contributed by atoms with Crippen molar-refractivity contribution >= 4 is 11.7 Å². The standard InChI is InChI=1S/C25H28FN5O3/c1-30(21-11-10-20(25(32)33-2)24(21)17-5-7-18(26)8-6-17)22-13-19(31-15-27-28-29-31)9-12-23(22)34-14-16-3-4-16/h5-9,12-13,15-16,20-21,24H,3-4,10-11,14H2,1-2H3/t20-,21-,24+/m0/s1. The maximum Gasteiger partial charge on any atom is 0.309 e. The molecule has 1 aromatic heterocycles. The predicted molar refractivity (Wildman–Crippen MR) is 123 cm³/mol. The fraction of sp³-hybridized carbons (Fsp3) is 0.440. The van der Waals surface area contributed by atoms with E-state index in [4.69, 9.17) is 9.47 Å². The molecule has 2 saturated carbocycles. The number of esters is 1. The summed E-state index contributed by atoms with van der Waals surface area (Å²) in [5.74, 6) is 0.404. The molecular formula is C25H28FN5O3. The van der Waals surface area contributed by atoms with Crippen LogP contribution in [-0.2, 0) is 9.53 Å². The van der Waals surface area contributed by atoms with Gasteiger partial charge in [0.1, 0.15) is 17.9 Å². The van der Waals surface area contributed by atoms with Crippen LogP contribution in [0.5, 0.6) is 5.75 Å². The Kier molecular flexibility index (Phi) is 6.17. The van der Waals surface area contributed by atoms with Crippen molar-refractivity contribution in [2.45, 2.75) is 37.6 Å². The van der Waals surface area contributed by atoms with Gasteiger partial charge in [0.25, 0.3) is 0 Å². The SMILES string of the molecule is COC(=O)[C@H]1CC[C@H](N(C)c2cc(-n3cnnn3)ccc2OCC2CC2)[C@@H]1c1ccc(F)cc1. The first-order valence-corrected chi connectivity index (χ1v) is 11.6. The van der Waals surface area contributed by atoms with E-state index in [9.17, 15) is 9.18 Å². The van der Waals surface area contributed by atoms with E-state index in [0.717, 1.165) is 29.1 Å². The first kappa shape index (κ1) is 22.3. The molecule has 0 saturated heterocycles. The van der Waals surface area contributed by atoms with Gasteiger partial charge in [-0.2, -0.15) is 0 Å². The Morgan fingerprint density at radius 3 is 2.62 bits per heavy atom. The Bertz CT molecular complexity index is 1130. The Balaban J connectivity index is 1.51. The van der Waals surface area contributed by atoms with Crippen molar-refractivity contribution < 1.29 is 18.7 Å². The number of halogens is 1. The lowest BCUT2D eigenvalue weighted by atomic mass is 9.86. The molecule has 2 aliphatic carbocycles. The molecule has 1 heterocycles. The molecule has 178 valence electrons. The number of anilines is 1. The predicted octanol–water partition coefficient (Wildman–Crippen LogP) is 3.76. The summed E-state index contributed by atoms with van der Waals surface area (Å²) in [6.45, 7) is 0.682. The molecule has 3 aromatic rings. The average Bonchev–Trinajstić information content (AvgIpc) is 3.33. The number of rotatable bonds is 8. The zero-order valence-electron chi connectivity index (χ0n) is 19.3. The number of nitrogens with zero attached hydrogens (tertiary/aromatic N) is 5. The monoisotopic (exact) mass is 465 g/mol. The first-order chi connectivity index (χ1) is 16.5. The van der Waals surface area contributed by atoms with E-state index in [2.05, 4.69) is 20.4 Å². The third-order valence-corrected chi connectivity index (χ3v) is 6.99. The van der Waals surface area contributed by atoms with E-state index in [-0.39, 0.29) is 29.7 Å². The van der Waals surface area contributed by atoms with Crippen molar-refractivity contribution in [1.29, 1.82) is 0 Å². The molecule has 8 nitrogen and oxygen atoms in total. The molecule has 0 unspecified atom stereocenters. The lowest BCUT2D eigenvalue weighted by Crippen LogP contribution is -2.37. The number of hydrogen-bond donors (Lipinski definition) is 0. The van der Waals surface area contributed by atoms with Crippen LogP contribution in [0.4, 0.5) is 10.1 Å². The number of carbonyl (C=O) groups excluding carboxylic acids is 1. The number of likely N-dealkylation sites (N-methyl/N-ethyl adjacent to an activating group) is 1. The molecule has 5 rings (SSSR count). The number of methoxy groups -OCH3 is 1. The molecule has 2 aliphatic rings. The van der Waals surface area contributed by atoms with Gasteiger partial charge in [-0.05, 0) is 77.9 Å². The second-order valence-corrected chi connectivity index (χ2v) is 9.12. The third-order valence-electron chi connectivity index (χ3n) is 6.99. The largest absolute Gasteiger partial charge is 0.491 e. The highest BCUT2D eigenvalue weighted by Crippen LogP contribution is 2.46. The van der Waals surface area contributed by atoms with Crippen molar-refractivity contribution in [1.82, 2.24) is 20.2 Å². The van der Waals surface area contributed by atoms with Gasteiger partial charge >= 0.3 is 5.97 Å². The van der Waals surface area contributed by atoms with E-state index in [1.807, 2.05) is 25.2 Å². The van der Waals surface area contributed by atoms with Gasteiger partial charge in [-0.3, -0.25) is 4.79 Å². The molecule has 0 spiro atoms. The second-order valence-electron chi connectivity index (χ2n) is 9.12. The van der Waals surface area contributed by atoms with Gasteiger partial charge in [-0.25, -0.2) is 9.07 Å². The van der Waals surface area contributed by atoms with Gasteiger partial charge in [0.2, 0.25) is 0 Å². The summed E-state index contributed by atoms with van der Waals surface area (Å²) >= 11 is 0. The molecule has 0 bridgehead atoms. The second kappa shape index (κ2) is 9.40. The third kappa shape index (κ3) is 4.47. The fourth-order valence-corrected chi connectivity index (χ4v) is 4.96. The molecular weight excluding hydrogens is 437 g/mol. The normalized spacial score (nSPS) is 21.9. The molecule has 0 amide bonds. The number of benzene rings is 2. The minimum absolute atomic E-state index is 0.0121. The molecule has 0 N–H and O–H groups in total. The van der Waals surface area contributed by atoms with Gasteiger partial charge in [-0.1, -0.05) is 12.1 Å². The van der Waals surface area contributed by atoms with Gasteiger partial charge in [-0.15, -0.1) is 5.10 Å². The first-order valence-electron chi connectivity index (χ1n) is 11.6. The Labute approximate surface area is 197 Å². The maximum atomic E-state index is 13.7. The van der Waals surface area contributed by atoms with Crippen LogP contribution >= 0.6 is 0 Å². The van der Waals surface area contributed by atoms with Gasteiger partial charge in [0, 0.05) is 19.0 Å². The summed E-state index contributed by atoms with van der Waals surface area (Å²) in [6.07, 6.45) is 5.42. The van der Waals surface area contributed by atoms with Crippen molar-refractivity contribution in [2.75, 3.05) is 25.7 Å². The lowest BCUT2D eigenvalue weighted by Gasteiger charge is -2.34. The highest BCUT2D eigenvalue weighted by atomic mass is 19.1. The van der Waals surface area contributed by atoms with E-state index in [1.54, 1.807) is 23.1 Å². The highest BCUT2D eigenvalue weighted by molar-refractivity contribution is 5.75. The maximum absolute atomic E-state index is 13.7. The van der Waals surface area contributed by atoms with Crippen LogP contribution in [0, 0.1) is 17.7 Å². The van der Waals surface area contributed by atoms with Crippen LogP contribution in [0.25, 0.3) is 5.69 Å². The minimum Gasteiger partial charge on any atom is -0.491 e. The summed E-state index contributed by atoms with van der Waals surface area (Å²) in [5.41, 5.74) is 2.63. The van der Waals surface area contributed by atoms with Crippen LogP contribution in [0.15, 0.2) is 48.8 Å². The number of ether oxygens (including phenoxy) is 2. The van der Waals surface area contributed by atoms with Crippen LogP contribution < -0.4 is 9.64 Å². The van der Waals surface area contributed by atoms with Crippen molar-refractivity contribution in [3.63, 3.8) is 0 Å². The van der Waals surface area contributed by atoms with E-state index in [0.29, 0.717) is 18.9 Å².